The summed E-state index contributed by atoms with van der Waals surface area (Å²) in [7, 11) is 0. The number of nitrogens with one attached hydrogen (secondary N) is 1. The molecule has 1 saturated heterocycles. The maximum Gasteiger partial charge on any atom is 0.0175 e. The second-order valence-electron chi connectivity index (χ2n) is 4.51. The molecule has 1 aliphatic carbocycles. The van der Waals surface area contributed by atoms with E-state index in [4.69, 9.17) is 0 Å². The van der Waals surface area contributed by atoms with E-state index in [0.717, 1.165) is 17.9 Å². The minimum absolute atomic E-state index is 0.751. The van der Waals surface area contributed by atoms with Gasteiger partial charge in [0.15, 0.2) is 0 Å². The van der Waals surface area contributed by atoms with Gasteiger partial charge in [0.2, 0.25) is 0 Å². The van der Waals surface area contributed by atoms with Gasteiger partial charge in [-0.15, -0.1) is 0 Å². The van der Waals surface area contributed by atoms with Gasteiger partial charge >= 0.3 is 0 Å². The van der Waals surface area contributed by atoms with E-state index in [1.807, 2.05) is 0 Å². The molecule has 2 fully saturated rings. The Labute approximate surface area is 93.0 Å². The molecule has 0 aromatic heterocycles. The smallest absolute Gasteiger partial charge is 0.0175 e. The summed E-state index contributed by atoms with van der Waals surface area (Å²) in [5.41, 5.74) is 1.51. The molecule has 1 N–H and O–H groups in total. The number of hydrogen-bond acceptors (Lipinski definition) is 1. The van der Waals surface area contributed by atoms with Crippen molar-refractivity contribution in [3.05, 3.63) is 34.3 Å². The number of piperidine rings is 1. The van der Waals surface area contributed by atoms with Crippen molar-refractivity contribution >= 4 is 15.9 Å². The molecular weight excluding hydrogens is 238 g/mol. The number of fused-ring (bicyclic) bond motifs is 2. The van der Waals surface area contributed by atoms with Crippen LogP contribution in [-0.2, 0) is 0 Å². The molecule has 3 atom stereocenters. The summed E-state index contributed by atoms with van der Waals surface area (Å²) in [4.78, 5) is 0. The number of hydrogen-bond donors (Lipinski definition) is 1. The molecule has 2 bridgehead atoms. The largest absolute Gasteiger partial charge is 0.313 e. The molecule has 14 heavy (non-hydrogen) atoms. The lowest BCUT2D eigenvalue weighted by Gasteiger charge is -2.23. The fourth-order valence-electron chi connectivity index (χ4n) is 2.93. The minimum Gasteiger partial charge on any atom is -0.313 e. The summed E-state index contributed by atoms with van der Waals surface area (Å²) in [6.45, 7) is 1.25. The Hall–Kier alpha value is -0.340. The Morgan fingerprint density at radius 1 is 1.14 bits per heavy atom. The van der Waals surface area contributed by atoms with Gasteiger partial charge in [0.05, 0.1) is 0 Å². The number of benzene rings is 1. The van der Waals surface area contributed by atoms with Crippen molar-refractivity contribution in [1.82, 2.24) is 5.32 Å². The molecule has 3 rings (SSSR count). The van der Waals surface area contributed by atoms with E-state index in [2.05, 4.69) is 45.5 Å². The van der Waals surface area contributed by atoms with Gasteiger partial charge in [-0.05, 0) is 48.9 Å². The van der Waals surface area contributed by atoms with Crippen LogP contribution >= 0.6 is 15.9 Å². The van der Waals surface area contributed by atoms with Crippen molar-refractivity contribution in [2.75, 3.05) is 6.54 Å². The van der Waals surface area contributed by atoms with E-state index in [1.165, 1.54) is 29.4 Å². The van der Waals surface area contributed by atoms with Gasteiger partial charge < -0.3 is 5.32 Å². The maximum atomic E-state index is 3.61. The first-order valence-corrected chi connectivity index (χ1v) is 6.11. The van der Waals surface area contributed by atoms with Crippen molar-refractivity contribution < 1.29 is 0 Å². The van der Waals surface area contributed by atoms with E-state index >= 15 is 0 Å². The van der Waals surface area contributed by atoms with Gasteiger partial charge in [-0.1, -0.05) is 28.1 Å². The Kier molecular flexibility index (Phi) is 2.14. The Bertz CT molecular complexity index is 333. The highest BCUT2D eigenvalue weighted by Gasteiger charge is 2.39. The van der Waals surface area contributed by atoms with Crippen LogP contribution in [0, 0.1) is 5.92 Å². The SMILES string of the molecule is Brc1ccc([C@H]2C[C@@H]3CN[C@H]2C3)cc1. The highest BCUT2D eigenvalue weighted by molar-refractivity contribution is 9.10. The molecule has 2 aliphatic rings. The Morgan fingerprint density at radius 2 is 1.93 bits per heavy atom. The monoisotopic (exact) mass is 251 g/mol. The van der Waals surface area contributed by atoms with Crippen LogP contribution in [0.15, 0.2) is 28.7 Å². The molecule has 2 heteroatoms. The van der Waals surface area contributed by atoms with Crippen molar-refractivity contribution in [3.63, 3.8) is 0 Å². The van der Waals surface area contributed by atoms with Gasteiger partial charge in [0.25, 0.3) is 0 Å². The highest BCUT2D eigenvalue weighted by Crippen LogP contribution is 2.42. The van der Waals surface area contributed by atoms with E-state index in [1.54, 1.807) is 0 Å². The zero-order valence-electron chi connectivity index (χ0n) is 8.04. The van der Waals surface area contributed by atoms with Crippen LogP contribution in [0.25, 0.3) is 0 Å². The zero-order chi connectivity index (χ0) is 9.54. The normalized spacial score (nSPS) is 35.1. The summed E-state index contributed by atoms with van der Waals surface area (Å²) >= 11 is 3.48. The Morgan fingerprint density at radius 3 is 2.50 bits per heavy atom. The molecule has 0 unspecified atom stereocenters. The molecule has 1 nitrogen and oxygen atoms in total. The topological polar surface area (TPSA) is 12.0 Å². The van der Waals surface area contributed by atoms with Crippen LogP contribution in [0.4, 0.5) is 0 Å². The van der Waals surface area contributed by atoms with Crippen LogP contribution < -0.4 is 5.32 Å². The number of halogens is 1. The lowest BCUT2D eigenvalue weighted by molar-refractivity contribution is 0.448. The predicted molar refractivity (Wildman–Crippen MR) is 61.4 cm³/mol. The predicted octanol–water partition coefficient (Wildman–Crippen LogP) is 2.91. The average molecular weight is 252 g/mol. The standard InChI is InChI=1S/C12H14BrN/c13-10-3-1-9(2-4-10)11-5-8-6-12(11)14-7-8/h1-4,8,11-12,14H,5-7H2/t8-,11+,12-/m0/s1. The summed E-state index contributed by atoms with van der Waals surface area (Å²) in [5, 5.41) is 3.61. The van der Waals surface area contributed by atoms with Gasteiger partial charge in [-0.2, -0.15) is 0 Å². The minimum atomic E-state index is 0.751. The molecule has 1 heterocycles. The first-order chi connectivity index (χ1) is 6.83. The molecular formula is C12H14BrN. The molecule has 0 radical (unpaired) electrons. The quantitative estimate of drug-likeness (QED) is 0.810. The third-order valence-electron chi connectivity index (χ3n) is 3.63. The summed E-state index contributed by atoms with van der Waals surface area (Å²) in [6, 6.07) is 9.58. The van der Waals surface area contributed by atoms with E-state index in [9.17, 15) is 0 Å². The fourth-order valence-corrected chi connectivity index (χ4v) is 3.20. The van der Waals surface area contributed by atoms with Crippen molar-refractivity contribution in [2.45, 2.75) is 24.8 Å². The van der Waals surface area contributed by atoms with Crippen LogP contribution in [0.1, 0.15) is 24.3 Å². The molecule has 1 aliphatic heterocycles. The van der Waals surface area contributed by atoms with Gasteiger partial charge in [-0.3, -0.25) is 0 Å². The fraction of sp³-hybridized carbons (Fsp3) is 0.500. The lowest BCUT2D eigenvalue weighted by Crippen LogP contribution is -2.31. The van der Waals surface area contributed by atoms with Crippen molar-refractivity contribution in [3.8, 4) is 0 Å². The maximum absolute atomic E-state index is 3.61. The molecule has 1 saturated carbocycles. The van der Waals surface area contributed by atoms with Gasteiger partial charge in [0, 0.05) is 10.5 Å². The van der Waals surface area contributed by atoms with E-state index in [0.29, 0.717) is 0 Å². The van der Waals surface area contributed by atoms with Gasteiger partial charge in [-0.25, -0.2) is 0 Å². The Balaban J connectivity index is 1.86. The third-order valence-corrected chi connectivity index (χ3v) is 4.16. The molecule has 0 amide bonds. The van der Waals surface area contributed by atoms with Crippen LogP contribution in [0.5, 0.6) is 0 Å². The van der Waals surface area contributed by atoms with Crippen LogP contribution in [-0.4, -0.2) is 12.6 Å². The second kappa shape index (κ2) is 3.35. The molecule has 0 spiro atoms. The zero-order valence-corrected chi connectivity index (χ0v) is 9.63. The van der Waals surface area contributed by atoms with Crippen molar-refractivity contribution in [2.24, 2.45) is 5.92 Å². The lowest BCUT2D eigenvalue weighted by atomic mass is 9.92. The molecule has 74 valence electrons. The van der Waals surface area contributed by atoms with Gasteiger partial charge in [0.1, 0.15) is 0 Å². The first kappa shape index (κ1) is 8.93. The van der Waals surface area contributed by atoms with Crippen molar-refractivity contribution in [1.29, 1.82) is 0 Å². The summed E-state index contributed by atoms with van der Waals surface area (Å²) < 4.78 is 1.18. The summed E-state index contributed by atoms with van der Waals surface area (Å²) in [6.07, 6.45) is 2.78. The summed E-state index contributed by atoms with van der Waals surface area (Å²) in [5.74, 6) is 1.70. The average Bonchev–Trinajstić information content (AvgIpc) is 2.80. The van der Waals surface area contributed by atoms with E-state index in [-0.39, 0.29) is 0 Å². The third kappa shape index (κ3) is 1.41. The highest BCUT2D eigenvalue weighted by atomic mass is 79.9. The van der Waals surface area contributed by atoms with E-state index < -0.39 is 0 Å². The first-order valence-electron chi connectivity index (χ1n) is 5.32. The second-order valence-corrected chi connectivity index (χ2v) is 5.43. The van der Waals surface area contributed by atoms with Crippen LogP contribution in [0.2, 0.25) is 0 Å². The molecule has 1 aromatic rings. The number of rotatable bonds is 1. The molecule has 1 aromatic carbocycles. The van der Waals surface area contributed by atoms with Crippen LogP contribution in [0.3, 0.4) is 0 Å².